The van der Waals surface area contributed by atoms with Crippen molar-refractivity contribution in [3.05, 3.63) is 58.7 Å². The molecule has 0 aliphatic carbocycles. The number of hydrogen-bond acceptors (Lipinski definition) is 1. The lowest BCUT2D eigenvalue weighted by Gasteiger charge is -2.10. The zero-order chi connectivity index (χ0) is 13.3. The van der Waals surface area contributed by atoms with Gasteiger partial charge in [0.25, 0.3) is 0 Å². The van der Waals surface area contributed by atoms with E-state index in [2.05, 4.69) is 0 Å². The molecule has 0 aliphatic rings. The molecule has 0 N–H and O–H groups in total. The molecule has 0 aromatic heterocycles. The second-order valence-electron chi connectivity index (χ2n) is 4.30. The van der Waals surface area contributed by atoms with Crippen LogP contribution in [0.3, 0.4) is 0 Å². The van der Waals surface area contributed by atoms with Crippen molar-refractivity contribution in [2.75, 3.05) is 0 Å². The summed E-state index contributed by atoms with van der Waals surface area (Å²) >= 11 is 0. The third kappa shape index (κ3) is 2.30. The molecule has 0 bridgehead atoms. The standard InChI is InChI=1S/C15H12F2O/c1-9-4-15(10(2)3-12(9)8-18)11-5-13(16)7-14(17)6-11/h3-8H,1-2H3. The fourth-order valence-corrected chi connectivity index (χ4v) is 1.99. The monoisotopic (exact) mass is 246 g/mol. The first kappa shape index (κ1) is 12.4. The third-order valence-electron chi connectivity index (χ3n) is 2.91. The van der Waals surface area contributed by atoms with Gasteiger partial charge in [-0.3, -0.25) is 4.79 Å². The Hall–Kier alpha value is -2.03. The van der Waals surface area contributed by atoms with Crippen LogP contribution in [-0.2, 0) is 0 Å². The molecule has 1 nitrogen and oxygen atoms in total. The molecule has 0 saturated carbocycles. The maximum absolute atomic E-state index is 13.2. The van der Waals surface area contributed by atoms with Gasteiger partial charge in [0, 0.05) is 11.6 Å². The van der Waals surface area contributed by atoms with E-state index >= 15 is 0 Å². The number of rotatable bonds is 2. The zero-order valence-electron chi connectivity index (χ0n) is 10.1. The van der Waals surface area contributed by atoms with Crippen LogP contribution in [0.1, 0.15) is 21.5 Å². The number of benzene rings is 2. The minimum absolute atomic E-state index is 0.477. The van der Waals surface area contributed by atoms with Crippen LogP contribution < -0.4 is 0 Å². The van der Waals surface area contributed by atoms with Crippen molar-refractivity contribution in [2.45, 2.75) is 13.8 Å². The Balaban J connectivity index is 2.63. The summed E-state index contributed by atoms with van der Waals surface area (Å²) in [6.07, 6.45) is 0.776. The molecular formula is C15H12F2O. The first-order valence-electron chi connectivity index (χ1n) is 5.54. The first-order valence-corrected chi connectivity index (χ1v) is 5.54. The normalized spacial score (nSPS) is 10.4. The summed E-state index contributed by atoms with van der Waals surface area (Å²) in [5.74, 6) is -1.22. The first-order chi connectivity index (χ1) is 8.51. The van der Waals surface area contributed by atoms with Gasteiger partial charge in [-0.2, -0.15) is 0 Å². The zero-order valence-corrected chi connectivity index (χ0v) is 10.1. The van der Waals surface area contributed by atoms with Gasteiger partial charge >= 0.3 is 0 Å². The van der Waals surface area contributed by atoms with E-state index in [1.807, 2.05) is 6.92 Å². The molecule has 0 fully saturated rings. The molecule has 2 rings (SSSR count). The summed E-state index contributed by atoms with van der Waals surface area (Å²) in [7, 11) is 0. The molecule has 0 spiro atoms. The van der Waals surface area contributed by atoms with Crippen molar-refractivity contribution in [3.8, 4) is 11.1 Å². The number of aryl methyl sites for hydroxylation is 2. The Bertz CT molecular complexity index is 598. The van der Waals surface area contributed by atoms with Crippen LogP contribution in [-0.4, -0.2) is 6.29 Å². The average Bonchev–Trinajstić information content (AvgIpc) is 2.30. The van der Waals surface area contributed by atoms with E-state index in [0.717, 1.165) is 29.0 Å². The highest BCUT2D eigenvalue weighted by Gasteiger charge is 2.08. The van der Waals surface area contributed by atoms with Crippen molar-refractivity contribution < 1.29 is 13.6 Å². The predicted molar refractivity (Wildman–Crippen MR) is 66.7 cm³/mol. The Kier molecular flexibility index (Phi) is 3.24. The lowest BCUT2D eigenvalue weighted by molar-refractivity contribution is 0.112. The fourth-order valence-electron chi connectivity index (χ4n) is 1.99. The Morgan fingerprint density at radius 2 is 1.50 bits per heavy atom. The van der Waals surface area contributed by atoms with Gasteiger partial charge in [-0.05, 0) is 54.3 Å². The molecule has 0 atom stereocenters. The highest BCUT2D eigenvalue weighted by Crippen LogP contribution is 2.27. The van der Waals surface area contributed by atoms with Crippen molar-refractivity contribution in [3.63, 3.8) is 0 Å². The lowest BCUT2D eigenvalue weighted by Crippen LogP contribution is -1.93. The van der Waals surface area contributed by atoms with Gasteiger partial charge in [-0.1, -0.05) is 6.07 Å². The van der Waals surface area contributed by atoms with Crippen molar-refractivity contribution in [1.82, 2.24) is 0 Å². The summed E-state index contributed by atoms with van der Waals surface area (Å²) in [6, 6.07) is 6.90. The number of hydrogen-bond donors (Lipinski definition) is 0. The summed E-state index contributed by atoms with van der Waals surface area (Å²) < 4.78 is 26.4. The minimum atomic E-state index is -0.610. The number of carbonyl (C=O) groups excluding carboxylic acids is 1. The fraction of sp³-hybridized carbons (Fsp3) is 0.133. The maximum atomic E-state index is 13.2. The SMILES string of the molecule is Cc1cc(-c2cc(F)cc(F)c2)c(C)cc1C=O. The van der Waals surface area contributed by atoms with Gasteiger partial charge in [-0.15, -0.1) is 0 Å². The summed E-state index contributed by atoms with van der Waals surface area (Å²) in [5, 5.41) is 0. The van der Waals surface area contributed by atoms with Gasteiger partial charge in [0.2, 0.25) is 0 Å². The smallest absolute Gasteiger partial charge is 0.150 e. The Morgan fingerprint density at radius 3 is 2.06 bits per heavy atom. The highest BCUT2D eigenvalue weighted by molar-refractivity contribution is 5.81. The van der Waals surface area contributed by atoms with E-state index in [0.29, 0.717) is 11.1 Å². The van der Waals surface area contributed by atoms with E-state index in [4.69, 9.17) is 0 Å². The molecule has 3 heteroatoms. The van der Waals surface area contributed by atoms with Gasteiger partial charge in [0.15, 0.2) is 0 Å². The van der Waals surface area contributed by atoms with Gasteiger partial charge in [0.05, 0.1) is 0 Å². The molecule has 0 radical (unpaired) electrons. The Labute approximate surface area is 104 Å². The Morgan fingerprint density at radius 1 is 0.889 bits per heavy atom. The van der Waals surface area contributed by atoms with Crippen molar-refractivity contribution >= 4 is 6.29 Å². The van der Waals surface area contributed by atoms with Gasteiger partial charge in [-0.25, -0.2) is 8.78 Å². The number of carbonyl (C=O) groups is 1. The lowest BCUT2D eigenvalue weighted by atomic mass is 9.95. The van der Waals surface area contributed by atoms with Crippen LogP contribution in [0.15, 0.2) is 30.3 Å². The molecule has 2 aromatic carbocycles. The van der Waals surface area contributed by atoms with Crippen LogP contribution in [0, 0.1) is 25.5 Å². The van der Waals surface area contributed by atoms with Crippen LogP contribution in [0.4, 0.5) is 8.78 Å². The number of aldehydes is 1. The summed E-state index contributed by atoms with van der Waals surface area (Å²) in [6.45, 7) is 3.60. The van der Waals surface area contributed by atoms with E-state index < -0.39 is 11.6 Å². The molecule has 0 saturated heterocycles. The summed E-state index contributed by atoms with van der Waals surface area (Å²) in [4.78, 5) is 10.8. The molecule has 92 valence electrons. The second kappa shape index (κ2) is 4.69. The quantitative estimate of drug-likeness (QED) is 0.730. The molecule has 18 heavy (non-hydrogen) atoms. The highest BCUT2D eigenvalue weighted by atomic mass is 19.1. The average molecular weight is 246 g/mol. The third-order valence-corrected chi connectivity index (χ3v) is 2.91. The van der Waals surface area contributed by atoms with Crippen LogP contribution in [0.5, 0.6) is 0 Å². The van der Waals surface area contributed by atoms with E-state index in [1.54, 1.807) is 19.1 Å². The van der Waals surface area contributed by atoms with Crippen molar-refractivity contribution in [2.24, 2.45) is 0 Å². The maximum Gasteiger partial charge on any atom is 0.150 e. The van der Waals surface area contributed by atoms with E-state index in [-0.39, 0.29) is 0 Å². The number of halogens is 2. The van der Waals surface area contributed by atoms with E-state index in [9.17, 15) is 13.6 Å². The van der Waals surface area contributed by atoms with Crippen molar-refractivity contribution in [1.29, 1.82) is 0 Å². The van der Waals surface area contributed by atoms with Crippen LogP contribution in [0.25, 0.3) is 11.1 Å². The molecule has 0 heterocycles. The molecule has 0 amide bonds. The van der Waals surface area contributed by atoms with Gasteiger partial charge in [0.1, 0.15) is 17.9 Å². The largest absolute Gasteiger partial charge is 0.298 e. The minimum Gasteiger partial charge on any atom is -0.298 e. The summed E-state index contributed by atoms with van der Waals surface area (Å²) in [5.41, 5.74) is 3.40. The second-order valence-corrected chi connectivity index (χ2v) is 4.30. The molecule has 0 aliphatic heterocycles. The molecule has 0 unspecified atom stereocenters. The van der Waals surface area contributed by atoms with Gasteiger partial charge < -0.3 is 0 Å². The topological polar surface area (TPSA) is 17.1 Å². The molecule has 2 aromatic rings. The van der Waals surface area contributed by atoms with Crippen LogP contribution in [0.2, 0.25) is 0 Å². The predicted octanol–water partition coefficient (Wildman–Crippen LogP) is 4.06. The molecular weight excluding hydrogens is 234 g/mol. The van der Waals surface area contributed by atoms with E-state index in [1.165, 1.54) is 12.1 Å². The van der Waals surface area contributed by atoms with Crippen LogP contribution >= 0.6 is 0 Å².